The normalized spacial score (nSPS) is 13.2. The molecule has 0 unspecified atom stereocenters. The van der Waals surface area contributed by atoms with Gasteiger partial charge in [-0.15, -0.1) is 0 Å². The summed E-state index contributed by atoms with van der Waals surface area (Å²) in [6.07, 6.45) is 3.62. The Morgan fingerprint density at radius 1 is 1.31 bits per heavy atom. The topological polar surface area (TPSA) is 48.4 Å². The van der Waals surface area contributed by atoms with Gasteiger partial charge < -0.3 is 9.47 Å². The number of nitrogens with zero attached hydrogens (tertiary/aromatic N) is 1. The molecule has 0 saturated heterocycles. The molecule has 4 heteroatoms. The van der Waals surface area contributed by atoms with Gasteiger partial charge in [-0.05, 0) is 30.5 Å². The zero-order valence-corrected chi connectivity index (χ0v) is 9.32. The summed E-state index contributed by atoms with van der Waals surface area (Å²) in [5.41, 5.74) is 2.24. The van der Waals surface area contributed by atoms with Crippen molar-refractivity contribution in [1.82, 2.24) is 4.98 Å². The maximum absolute atomic E-state index is 11.5. The lowest BCUT2D eigenvalue weighted by Crippen LogP contribution is -2.08. The Balaban J connectivity index is 2.48. The maximum atomic E-state index is 11.5. The van der Waals surface area contributed by atoms with Crippen LogP contribution in [0.2, 0.25) is 0 Å². The first-order chi connectivity index (χ1) is 7.77. The lowest BCUT2D eigenvalue weighted by Gasteiger charge is -2.09. The molecule has 0 amide bonds. The monoisotopic (exact) mass is 219 g/mol. The van der Waals surface area contributed by atoms with Crippen molar-refractivity contribution in [2.24, 2.45) is 0 Å². The molecule has 1 saturated carbocycles. The Bertz CT molecular complexity index is 445. The van der Waals surface area contributed by atoms with E-state index in [1.807, 2.05) is 6.07 Å². The molecule has 4 nitrogen and oxygen atoms in total. The molecule has 1 aromatic rings. The van der Waals surface area contributed by atoms with Crippen LogP contribution in [0.3, 0.4) is 0 Å². The number of allylic oxidation sites excluding steroid dienone is 1. The fraction of sp³-hybridized carbons (Fsp3) is 0.333. The van der Waals surface area contributed by atoms with Gasteiger partial charge >= 0.3 is 5.97 Å². The second-order valence-corrected chi connectivity index (χ2v) is 3.53. The van der Waals surface area contributed by atoms with Crippen molar-refractivity contribution in [1.29, 1.82) is 0 Å². The molecule has 1 aliphatic rings. The minimum atomic E-state index is -0.439. The third-order valence-corrected chi connectivity index (χ3v) is 2.46. The predicted molar refractivity (Wildman–Crippen MR) is 58.7 cm³/mol. The third kappa shape index (κ3) is 1.91. The van der Waals surface area contributed by atoms with Crippen LogP contribution in [0.1, 0.15) is 28.9 Å². The van der Waals surface area contributed by atoms with E-state index in [9.17, 15) is 4.79 Å². The highest BCUT2D eigenvalue weighted by Gasteiger charge is 2.24. The number of hydrogen-bond acceptors (Lipinski definition) is 4. The standard InChI is InChI=1S/C12H13NO3/c1-15-11(8-5-6-8)9-4-3-7-13-10(9)12(14)16-2/h3-4,7H,5-6H2,1-2H3. The molecule has 1 aliphatic carbocycles. The van der Waals surface area contributed by atoms with Crippen molar-refractivity contribution in [3.63, 3.8) is 0 Å². The summed E-state index contributed by atoms with van der Waals surface area (Å²) < 4.78 is 10.0. The quantitative estimate of drug-likeness (QED) is 0.576. The zero-order valence-electron chi connectivity index (χ0n) is 9.32. The summed E-state index contributed by atoms with van der Waals surface area (Å²) >= 11 is 0. The Morgan fingerprint density at radius 2 is 2.06 bits per heavy atom. The van der Waals surface area contributed by atoms with Gasteiger partial charge in [-0.1, -0.05) is 0 Å². The van der Waals surface area contributed by atoms with Gasteiger partial charge in [-0.25, -0.2) is 9.78 Å². The van der Waals surface area contributed by atoms with Crippen LogP contribution in [0.5, 0.6) is 0 Å². The minimum Gasteiger partial charge on any atom is -0.496 e. The number of methoxy groups -OCH3 is 2. The van der Waals surface area contributed by atoms with Crippen molar-refractivity contribution in [3.8, 4) is 0 Å². The number of pyridine rings is 1. The second kappa shape index (κ2) is 4.35. The highest BCUT2D eigenvalue weighted by atomic mass is 16.5. The average Bonchev–Trinajstić information content (AvgIpc) is 3.14. The van der Waals surface area contributed by atoms with Crippen molar-refractivity contribution in [2.75, 3.05) is 14.2 Å². The Labute approximate surface area is 93.9 Å². The summed E-state index contributed by atoms with van der Waals surface area (Å²) in [5.74, 6) is 0.319. The first-order valence-electron chi connectivity index (χ1n) is 5.07. The smallest absolute Gasteiger partial charge is 0.357 e. The van der Waals surface area contributed by atoms with Crippen molar-refractivity contribution in [3.05, 3.63) is 35.2 Å². The van der Waals surface area contributed by atoms with Crippen LogP contribution in [0.25, 0.3) is 5.76 Å². The number of carbonyl (C=O) groups excluding carboxylic acids is 1. The van der Waals surface area contributed by atoms with Crippen LogP contribution in [-0.4, -0.2) is 25.2 Å². The molecule has 1 aromatic heterocycles. The fourth-order valence-electron chi connectivity index (χ4n) is 1.58. The van der Waals surface area contributed by atoms with E-state index < -0.39 is 5.97 Å². The van der Waals surface area contributed by atoms with E-state index >= 15 is 0 Å². The third-order valence-electron chi connectivity index (χ3n) is 2.46. The molecule has 0 aliphatic heterocycles. The van der Waals surface area contributed by atoms with E-state index in [0.717, 1.165) is 18.6 Å². The van der Waals surface area contributed by atoms with Gasteiger partial charge in [-0.3, -0.25) is 0 Å². The molecule has 1 fully saturated rings. The van der Waals surface area contributed by atoms with Crippen LogP contribution >= 0.6 is 0 Å². The molecule has 16 heavy (non-hydrogen) atoms. The molecule has 0 atom stereocenters. The van der Waals surface area contributed by atoms with E-state index in [-0.39, 0.29) is 0 Å². The predicted octanol–water partition coefficient (Wildman–Crippen LogP) is 2.02. The van der Waals surface area contributed by atoms with E-state index in [1.165, 1.54) is 12.7 Å². The minimum absolute atomic E-state index is 0.307. The SMILES string of the molecule is COC(=O)c1ncccc1C(OC)=C1CC1. The summed E-state index contributed by atoms with van der Waals surface area (Å²) in [6, 6.07) is 3.60. The fourth-order valence-corrected chi connectivity index (χ4v) is 1.58. The number of aromatic nitrogens is 1. The van der Waals surface area contributed by atoms with Crippen LogP contribution in [-0.2, 0) is 9.47 Å². The van der Waals surface area contributed by atoms with Crippen molar-refractivity contribution < 1.29 is 14.3 Å². The van der Waals surface area contributed by atoms with Crippen LogP contribution in [0.15, 0.2) is 23.9 Å². The van der Waals surface area contributed by atoms with Gasteiger partial charge in [0.05, 0.1) is 14.2 Å². The summed E-state index contributed by atoms with van der Waals surface area (Å²) in [6.45, 7) is 0. The van der Waals surface area contributed by atoms with Crippen molar-refractivity contribution in [2.45, 2.75) is 12.8 Å². The van der Waals surface area contributed by atoms with Crippen LogP contribution in [0.4, 0.5) is 0 Å². The molecule has 0 aromatic carbocycles. The lowest BCUT2D eigenvalue weighted by molar-refractivity contribution is 0.0593. The molecule has 2 rings (SSSR count). The van der Waals surface area contributed by atoms with Gasteiger partial charge in [0.15, 0.2) is 5.69 Å². The number of ether oxygens (including phenoxy) is 2. The first kappa shape index (κ1) is 10.7. The largest absolute Gasteiger partial charge is 0.496 e. The molecule has 0 bridgehead atoms. The Hall–Kier alpha value is -1.84. The van der Waals surface area contributed by atoms with Crippen molar-refractivity contribution >= 4 is 11.7 Å². The average molecular weight is 219 g/mol. The zero-order chi connectivity index (χ0) is 11.5. The van der Waals surface area contributed by atoms with E-state index in [0.29, 0.717) is 11.3 Å². The van der Waals surface area contributed by atoms with Crippen LogP contribution in [0, 0.1) is 0 Å². The van der Waals surface area contributed by atoms with Crippen LogP contribution < -0.4 is 0 Å². The lowest BCUT2D eigenvalue weighted by atomic mass is 10.1. The van der Waals surface area contributed by atoms with E-state index in [4.69, 9.17) is 9.47 Å². The molecule has 0 spiro atoms. The van der Waals surface area contributed by atoms with Gasteiger partial charge in [-0.2, -0.15) is 0 Å². The van der Waals surface area contributed by atoms with Gasteiger partial charge in [0.2, 0.25) is 0 Å². The number of hydrogen-bond donors (Lipinski definition) is 0. The van der Waals surface area contributed by atoms with Gasteiger partial charge in [0, 0.05) is 11.8 Å². The van der Waals surface area contributed by atoms with Gasteiger partial charge in [0.1, 0.15) is 5.76 Å². The molecular formula is C12H13NO3. The highest BCUT2D eigenvalue weighted by molar-refractivity contribution is 5.93. The number of carbonyl (C=O) groups is 1. The van der Waals surface area contributed by atoms with E-state index in [2.05, 4.69) is 4.98 Å². The molecule has 84 valence electrons. The first-order valence-corrected chi connectivity index (χ1v) is 5.07. The molecular weight excluding hydrogens is 206 g/mol. The van der Waals surface area contributed by atoms with E-state index in [1.54, 1.807) is 19.4 Å². The summed E-state index contributed by atoms with van der Waals surface area (Å²) in [5, 5.41) is 0. The Morgan fingerprint density at radius 3 is 2.62 bits per heavy atom. The summed E-state index contributed by atoms with van der Waals surface area (Å²) in [7, 11) is 2.95. The maximum Gasteiger partial charge on any atom is 0.357 e. The molecule has 0 N–H and O–H groups in total. The van der Waals surface area contributed by atoms with Gasteiger partial charge in [0.25, 0.3) is 0 Å². The molecule has 0 radical (unpaired) electrons. The number of esters is 1. The second-order valence-electron chi connectivity index (χ2n) is 3.53. The highest BCUT2D eigenvalue weighted by Crippen LogP contribution is 2.37. The molecule has 1 heterocycles. The Kier molecular flexibility index (Phi) is 2.90. The summed E-state index contributed by atoms with van der Waals surface area (Å²) in [4.78, 5) is 15.6. The number of rotatable bonds is 3.